The molecule has 0 unspecified atom stereocenters. The molecule has 0 fully saturated rings. The molecule has 1 aromatic heterocycles. The summed E-state index contributed by atoms with van der Waals surface area (Å²) in [7, 11) is 0. The maximum atomic E-state index is 11.3. The number of hydrogen-bond acceptors (Lipinski definition) is 1. The number of hydrogen-bond donors (Lipinski definition) is 2. The Balaban J connectivity index is 2.21. The first kappa shape index (κ1) is 8.99. The van der Waals surface area contributed by atoms with Crippen molar-refractivity contribution in [2.45, 2.75) is 12.8 Å². The van der Waals surface area contributed by atoms with Gasteiger partial charge in [-0.05, 0) is 36.7 Å². The van der Waals surface area contributed by atoms with Crippen molar-refractivity contribution in [3.05, 3.63) is 47.0 Å². The van der Waals surface area contributed by atoms with Crippen LogP contribution < -0.4 is 0 Å². The molecule has 2 aromatic carbocycles. The number of carbonyl (C=O) groups is 1. The Hall–Kier alpha value is -2.00. The fraction of sp³-hybridized carbons (Fsp3) is 0.133. The van der Waals surface area contributed by atoms with Crippen LogP contribution >= 0.6 is 11.6 Å². The average Bonchev–Trinajstić information content (AvgIpc) is 2.73. The normalized spacial score (nSPS) is 15.9. The van der Waals surface area contributed by atoms with Gasteiger partial charge in [0.1, 0.15) is 0 Å². The standard InChI is InChI=1S/C15H12ClNO2/c1-8(15(18)19)9-2-4-11-12-7-10(16)3-5-13(12)17-14(11)6-9/h2-8,17H,1H3,(H,18,19)/t8-/m1/s1/i1D3. The molecule has 3 nitrogen and oxygen atoms in total. The van der Waals surface area contributed by atoms with Gasteiger partial charge in [-0.2, -0.15) is 0 Å². The minimum Gasteiger partial charge on any atom is -0.481 e. The van der Waals surface area contributed by atoms with Crippen molar-refractivity contribution >= 4 is 39.4 Å². The number of carboxylic acids is 1. The van der Waals surface area contributed by atoms with E-state index >= 15 is 0 Å². The van der Waals surface area contributed by atoms with E-state index in [0.29, 0.717) is 10.5 Å². The van der Waals surface area contributed by atoms with Crippen molar-refractivity contribution in [1.29, 1.82) is 0 Å². The fourth-order valence-corrected chi connectivity index (χ4v) is 2.39. The SMILES string of the molecule is [2H]C([2H])([2H])[C@@H](C(=O)O)c1ccc2c(c1)[nH]c1ccc(Cl)cc12. The molecule has 3 aromatic rings. The zero-order valence-corrected chi connectivity index (χ0v) is 10.5. The van der Waals surface area contributed by atoms with Gasteiger partial charge in [-0.25, -0.2) is 0 Å². The van der Waals surface area contributed by atoms with Crippen LogP contribution in [0.4, 0.5) is 0 Å². The van der Waals surface area contributed by atoms with Gasteiger partial charge in [-0.3, -0.25) is 4.79 Å². The summed E-state index contributed by atoms with van der Waals surface area (Å²) in [6.45, 7) is -2.60. The molecule has 0 aliphatic rings. The molecule has 3 rings (SSSR count). The fourth-order valence-electron chi connectivity index (χ4n) is 2.22. The van der Waals surface area contributed by atoms with E-state index in [4.69, 9.17) is 15.7 Å². The Morgan fingerprint density at radius 2 is 2.11 bits per heavy atom. The van der Waals surface area contributed by atoms with Crippen LogP contribution in [0.3, 0.4) is 0 Å². The Kier molecular flexibility index (Phi) is 2.03. The van der Waals surface area contributed by atoms with Gasteiger partial charge < -0.3 is 10.1 Å². The quantitative estimate of drug-likeness (QED) is 0.738. The number of fused-ring (bicyclic) bond motifs is 3. The number of aliphatic carboxylic acids is 1. The summed E-state index contributed by atoms with van der Waals surface area (Å²) in [5.74, 6) is -2.91. The molecule has 0 spiro atoms. The second kappa shape index (κ2) is 4.28. The van der Waals surface area contributed by atoms with Crippen LogP contribution in [0.5, 0.6) is 0 Å². The predicted molar refractivity (Wildman–Crippen MR) is 76.9 cm³/mol. The van der Waals surface area contributed by atoms with Gasteiger partial charge in [0.05, 0.1) is 5.92 Å². The van der Waals surface area contributed by atoms with Crippen molar-refractivity contribution in [1.82, 2.24) is 4.98 Å². The number of halogens is 1. The monoisotopic (exact) mass is 276 g/mol. The molecule has 0 saturated heterocycles. The summed E-state index contributed by atoms with van der Waals surface area (Å²) < 4.78 is 22.3. The highest BCUT2D eigenvalue weighted by atomic mass is 35.5. The van der Waals surface area contributed by atoms with Gasteiger partial charge in [0.25, 0.3) is 0 Å². The lowest BCUT2D eigenvalue weighted by atomic mass is 10.00. The molecule has 0 aliphatic carbocycles. The summed E-state index contributed by atoms with van der Waals surface area (Å²) in [4.78, 5) is 14.5. The smallest absolute Gasteiger partial charge is 0.310 e. The molecule has 1 atom stereocenters. The molecule has 96 valence electrons. The molecule has 4 heteroatoms. The highest BCUT2D eigenvalue weighted by Crippen LogP contribution is 2.30. The number of H-pyrrole nitrogens is 1. The highest BCUT2D eigenvalue weighted by molar-refractivity contribution is 6.31. The van der Waals surface area contributed by atoms with Gasteiger partial charge in [-0.1, -0.05) is 23.7 Å². The minimum atomic E-state index is -2.60. The zero-order valence-electron chi connectivity index (χ0n) is 12.8. The van der Waals surface area contributed by atoms with Gasteiger partial charge >= 0.3 is 5.97 Å². The summed E-state index contributed by atoms with van der Waals surface area (Å²) in [6, 6.07) is 10.2. The largest absolute Gasteiger partial charge is 0.481 e. The van der Waals surface area contributed by atoms with E-state index in [1.165, 1.54) is 0 Å². The van der Waals surface area contributed by atoms with E-state index in [1.807, 2.05) is 12.1 Å². The van der Waals surface area contributed by atoms with Crippen molar-refractivity contribution in [3.8, 4) is 0 Å². The Bertz CT molecular complexity index is 885. The summed E-state index contributed by atoms with van der Waals surface area (Å²) >= 11 is 5.99. The van der Waals surface area contributed by atoms with Gasteiger partial charge in [0, 0.05) is 30.9 Å². The summed E-state index contributed by atoms with van der Waals surface area (Å²) in [6.07, 6.45) is 0. The zero-order chi connectivity index (χ0) is 16.1. The number of aromatic amines is 1. The lowest BCUT2D eigenvalue weighted by Crippen LogP contribution is -2.06. The molecule has 0 saturated carbocycles. The number of benzene rings is 2. The minimum absolute atomic E-state index is 0.248. The van der Waals surface area contributed by atoms with Crippen molar-refractivity contribution in [3.63, 3.8) is 0 Å². The molecule has 0 bridgehead atoms. The van der Waals surface area contributed by atoms with Crippen molar-refractivity contribution < 1.29 is 14.0 Å². The van der Waals surface area contributed by atoms with E-state index in [0.717, 1.165) is 16.3 Å². The third-order valence-corrected chi connectivity index (χ3v) is 3.40. The maximum Gasteiger partial charge on any atom is 0.310 e. The molecule has 0 amide bonds. The van der Waals surface area contributed by atoms with Crippen LogP contribution in [0, 0.1) is 0 Å². The number of rotatable bonds is 2. The number of aromatic nitrogens is 1. The predicted octanol–water partition coefficient (Wildman–Crippen LogP) is 4.16. The molecular weight excluding hydrogens is 262 g/mol. The average molecular weight is 277 g/mol. The first-order valence-electron chi connectivity index (χ1n) is 7.21. The Morgan fingerprint density at radius 3 is 2.84 bits per heavy atom. The topological polar surface area (TPSA) is 53.1 Å². The van der Waals surface area contributed by atoms with Crippen molar-refractivity contribution in [2.24, 2.45) is 0 Å². The van der Waals surface area contributed by atoms with Crippen LogP contribution in [-0.4, -0.2) is 16.1 Å². The van der Waals surface area contributed by atoms with Crippen LogP contribution in [0.15, 0.2) is 36.4 Å². The third-order valence-electron chi connectivity index (χ3n) is 3.17. The lowest BCUT2D eigenvalue weighted by molar-refractivity contribution is -0.138. The molecule has 1 heterocycles. The van der Waals surface area contributed by atoms with E-state index < -0.39 is 18.7 Å². The van der Waals surface area contributed by atoms with Crippen LogP contribution in [0.1, 0.15) is 22.4 Å². The van der Waals surface area contributed by atoms with Gasteiger partial charge in [0.15, 0.2) is 0 Å². The maximum absolute atomic E-state index is 11.3. The van der Waals surface area contributed by atoms with Crippen molar-refractivity contribution in [2.75, 3.05) is 0 Å². The van der Waals surface area contributed by atoms with Gasteiger partial charge in [-0.15, -0.1) is 0 Å². The summed E-state index contributed by atoms with van der Waals surface area (Å²) in [5, 5.41) is 11.6. The Morgan fingerprint density at radius 1 is 1.26 bits per heavy atom. The first-order chi connectivity index (χ1) is 10.3. The van der Waals surface area contributed by atoms with Gasteiger partial charge in [0.2, 0.25) is 0 Å². The van der Waals surface area contributed by atoms with Crippen LogP contribution in [-0.2, 0) is 4.79 Å². The third kappa shape index (κ3) is 1.96. The first-order valence-corrected chi connectivity index (χ1v) is 6.09. The molecule has 2 N–H and O–H groups in total. The summed E-state index contributed by atoms with van der Waals surface area (Å²) in [5.41, 5.74) is 1.79. The van der Waals surface area contributed by atoms with E-state index in [1.54, 1.807) is 24.3 Å². The second-order valence-electron chi connectivity index (χ2n) is 4.39. The number of nitrogens with one attached hydrogen (secondary N) is 1. The van der Waals surface area contributed by atoms with E-state index in [2.05, 4.69) is 4.98 Å². The molecule has 0 aliphatic heterocycles. The van der Waals surface area contributed by atoms with E-state index in [-0.39, 0.29) is 5.56 Å². The molecule has 0 radical (unpaired) electrons. The second-order valence-corrected chi connectivity index (χ2v) is 4.83. The number of carboxylic acid groups (broad SMARTS) is 1. The molecule has 19 heavy (non-hydrogen) atoms. The lowest BCUT2D eigenvalue weighted by Gasteiger charge is -2.06. The van der Waals surface area contributed by atoms with Crippen LogP contribution in [0.25, 0.3) is 21.8 Å². The highest BCUT2D eigenvalue weighted by Gasteiger charge is 2.15. The van der Waals surface area contributed by atoms with E-state index in [9.17, 15) is 9.90 Å². The van der Waals surface area contributed by atoms with Crippen LogP contribution in [0.2, 0.25) is 5.02 Å². The molecular formula is C15H12ClNO2. The Labute approximate surface area is 119 Å².